The molecule has 1 amide bonds. The zero-order valence-electron chi connectivity index (χ0n) is 14.4. The van der Waals surface area contributed by atoms with E-state index in [0.717, 1.165) is 10.0 Å². The quantitative estimate of drug-likeness (QED) is 0.502. The van der Waals surface area contributed by atoms with Crippen LogP contribution >= 0.6 is 39.0 Å². The number of thiophene rings is 1. The molecular formula is C18H19BrN4OS2. The van der Waals surface area contributed by atoms with Crippen molar-refractivity contribution in [1.29, 1.82) is 0 Å². The van der Waals surface area contributed by atoms with Crippen molar-refractivity contribution in [2.45, 2.75) is 25.0 Å². The summed E-state index contributed by atoms with van der Waals surface area (Å²) in [6, 6.07) is 11.9. The molecule has 0 aliphatic rings. The van der Waals surface area contributed by atoms with Gasteiger partial charge in [-0.05, 0) is 29.5 Å². The minimum atomic E-state index is -0.0166. The maximum absolute atomic E-state index is 12.3. The maximum Gasteiger partial charge on any atom is 0.230 e. The number of rotatable bonds is 7. The molecule has 0 spiro atoms. The molecule has 0 bridgehead atoms. The van der Waals surface area contributed by atoms with Gasteiger partial charge in [0.1, 0.15) is 0 Å². The molecule has 8 heteroatoms. The smallest absolute Gasteiger partial charge is 0.230 e. The number of carbonyl (C=O) groups excluding carboxylic acids is 1. The molecule has 0 radical (unpaired) electrons. The Morgan fingerprint density at radius 3 is 2.73 bits per heavy atom. The van der Waals surface area contributed by atoms with Gasteiger partial charge >= 0.3 is 0 Å². The van der Waals surface area contributed by atoms with Gasteiger partial charge < -0.3 is 5.32 Å². The standard InChI is InChI=1S/C18H19BrN4OS2/c1-11(2)16(14-4-3-9-25-14)20-15(24)10-26-18-21-17(22-23-18)12-5-7-13(19)8-6-12/h3-9,11,16H,10H2,1-2H3,(H,20,24)(H,21,22,23)/t16-/m0/s1. The highest BCUT2D eigenvalue weighted by atomic mass is 79.9. The van der Waals surface area contributed by atoms with Crippen LogP contribution in [-0.4, -0.2) is 26.8 Å². The third-order valence-electron chi connectivity index (χ3n) is 3.75. The molecule has 2 heterocycles. The summed E-state index contributed by atoms with van der Waals surface area (Å²) >= 11 is 6.40. The van der Waals surface area contributed by atoms with Gasteiger partial charge in [0.25, 0.3) is 0 Å². The van der Waals surface area contributed by atoms with Crippen LogP contribution in [-0.2, 0) is 4.79 Å². The number of amides is 1. The second-order valence-electron chi connectivity index (χ2n) is 6.07. The number of thioether (sulfide) groups is 1. The lowest BCUT2D eigenvalue weighted by atomic mass is 10.0. The van der Waals surface area contributed by atoms with Crippen molar-refractivity contribution >= 4 is 44.9 Å². The van der Waals surface area contributed by atoms with Crippen LogP contribution in [0.15, 0.2) is 51.4 Å². The normalized spacial score (nSPS) is 12.3. The van der Waals surface area contributed by atoms with Crippen LogP contribution in [0.5, 0.6) is 0 Å². The first-order valence-corrected chi connectivity index (χ1v) is 10.8. The van der Waals surface area contributed by atoms with E-state index < -0.39 is 0 Å². The summed E-state index contributed by atoms with van der Waals surface area (Å²) in [6.45, 7) is 4.22. The molecular weight excluding hydrogens is 432 g/mol. The average Bonchev–Trinajstić information content (AvgIpc) is 3.30. The number of H-pyrrole nitrogens is 1. The van der Waals surface area contributed by atoms with Crippen LogP contribution in [0.25, 0.3) is 11.4 Å². The second kappa shape index (κ2) is 8.83. The minimum absolute atomic E-state index is 0.0166. The van der Waals surface area contributed by atoms with Crippen molar-refractivity contribution < 1.29 is 4.79 Å². The molecule has 1 aromatic carbocycles. The molecule has 0 aliphatic carbocycles. The van der Waals surface area contributed by atoms with Gasteiger partial charge in [0, 0.05) is 14.9 Å². The molecule has 0 fully saturated rings. The summed E-state index contributed by atoms with van der Waals surface area (Å²) < 4.78 is 1.01. The Bertz CT molecular complexity index is 846. The van der Waals surface area contributed by atoms with Crippen molar-refractivity contribution in [3.63, 3.8) is 0 Å². The number of nitrogens with zero attached hydrogens (tertiary/aromatic N) is 2. The first-order valence-electron chi connectivity index (χ1n) is 8.17. The maximum atomic E-state index is 12.3. The highest BCUT2D eigenvalue weighted by Gasteiger charge is 2.19. The number of carbonyl (C=O) groups is 1. The molecule has 136 valence electrons. The van der Waals surface area contributed by atoms with Crippen molar-refractivity contribution in [2.24, 2.45) is 5.92 Å². The van der Waals surface area contributed by atoms with E-state index in [4.69, 9.17) is 0 Å². The number of benzene rings is 1. The van der Waals surface area contributed by atoms with Gasteiger partial charge in [0.2, 0.25) is 11.1 Å². The summed E-state index contributed by atoms with van der Waals surface area (Å²) in [7, 11) is 0. The molecule has 0 saturated carbocycles. The lowest BCUT2D eigenvalue weighted by molar-refractivity contribution is -0.119. The summed E-state index contributed by atoms with van der Waals surface area (Å²) in [6.07, 6.45) is 0. The van der Waals surface area contributed by atoms with Crippen LogP contribution in [0.3, 0.4) is 0 Å². The molecule has 0 unspecified atom stereocenters. The monoisotopic (exact) mass is 450 g/mol. The van der Waals surface area contributed by atoms with Crippen LogP contribution in [0, 0.1) is 5.92 Å². The number of aromatic nitrogens is 3. The van der Waals surface area contributed by atoms with Gasteiger partial charge in [-0.25, -0.2) is 4.98 Å². The Balaban J connectivity index is 1.57. The van der Waals surface area contributed by atoms with E-state index in [1.165, 1.54) is 16.6 Å². The number of halogens is 1. The lowest BCUT2D eigenvalue weighted by Crippen LogP contribution is -2.32. The Labute approximate surface area is 169 Å². The SMILES string of the molecule is CC(C)[C@H](NC(=O)CSc1n[nH]c(-c2ccc(Br)cc2)n1)c1cccs1. The fraction of sp³-hybridized carbons (Fsp3) is 0.278. The van der Waals surface area contributed by atoms with Crippen LogP contribution in [0.2, 0.25) is 0 Å². The Morgan fingerprint density at radius 2 is 2.08 bits per heavy atom. The van der Waals surface area contributed by atoms with E-state index in [1.807, 2.05) is 35.7 Å². The highest BCUT2D eigenvalue weighted by Crippen LogP contribution is 2.26. The van der Waals surface area contributed by atoms with Crippen LogP contribution in [0.1, 0.15) is 24.8 Å². The number of hydrogen-bond acceptors (Lipinski definition) is 5. The number of hydrogen-bond donors (Lipinski definition) is 2. The zero-order valence-corrected chi connectivity index (χ0v) is 17.6. The molecule has 26 heavy (non-hydrogen) atoms. The third-order valence-corrected chi connectivity index (χ3v) is 6.08. The summed E-state index contributed by atoms with van der Waals surface area (Å²) in [5.74, 6) is 1.29. The predicted octanol–water partition coefficient (Wildman–Crippen LogP) is 4.90. The van der Waals surface area contributed by atoms with Crippen molar-refractivity contribution in [3.8, 4) is 11.4 Å². The van der Waals surface area contributed by atoms with E-state index in [1.54, 1.807) is 11.3 Å². The van der Waals surface area contributed by atoms with Gasteiger partial charge in [-0.3, -0.25) is 9.89 Å². The molecule has 2 N–H and O–H groups in total. The minimum Gasteiger partial charge on any atom is -0.347 e. The van der Waals surface area contributed by atoms with E-state index in [-0.39, 0.29) is 17.7 Å². The average molecular weight is 451 g/mol. The topological polar surface area (TPSA) is 70.7 Å². The summed E-state index contributed by atoms with van der Waals surface area (Å²) in [4.78, 5) is 18.0. The first-order chi connectivity index (χ1) is 12.5. The molecule has 3 rings (SSSR count). The fourth-order valence-corrected chi connectivity index (χ4v) is 4.25. The largest absolute Gasteiger partial charge is 0.347 e. The van der Waals surface area contributed by atoms with Crippen molar-refractivity contribution in [3.05, 3.63) is 51.1 Å². The Kier molecular flexibility index (Phi) is 6.50. The predicted molar refractivity (Wildman–Crippen MR) is 110 cm³/mol. The van der Waals surface area contributed by atoms with Crippen LogP contribution in [0.4, 0.5) is 0 Å². The molecule has 5 nitrogen and oxygen atoms in total. The number of nitrogens with one attached hydrogen (secondary N) is 2. The van der Waals surface area contributed by atoms with Crippen molar-refractivity contribution in [2.75, 3.05) is 5.75 Å². The Hall–Kier alpha value is -1.64. The third kappa shape index (κ3) is 4.96. The lowest BCUT2D eigenvalue weighted by Gasteiger charge is -2.21. The first kappa shape index (κ1) is 19.1. The van der Waals surface area contributed by atoms with Gasteiger partial charge in [-0.1, -0.05) is 59.7 Å². The van der Waals surface area contributed by atoms with Gasteiger partial charge in [0.15, 0.2) is 5.82 Å². The molecule has 0 aliphatic heterocycles. The van der Waals surface area contributed by atoms with Gasteiger partial charge in [-0.15, -0.1) is 16.4 Å². The van der Waals surface area contributed by atoms with E-state index in [9.17, 15) is 4.79 Å². The number of aromatic amines is 1. The van der Waals surface area contributed by atoms with Crippen LogP contribution < -0.4 is 5.32 Å². The summed E-state index contributed by atoms with van der Waals surface area (Å²) in [5.41, 5.74) is 0.953. The highest BCUT2D eigenvalue weighted by molar-refractivity contribution is 9.10. The summed E-state index contributed by atoms with van der Waals surface area (Å²) in [5, 5.41) is 12.8. The second-order valence-corrected chi connectivity index (χ2v) is 8.90. The van der Waals surface area contributed by atoms with E-state index in [0.29, 0.717) is 16.9 Å². The van der Waals surface area contributed by atoms with Crippen molar-refractivity contribution in [1.82, 2.24) is 20.5 Å². The Morgan fingerprint density at radius 1 is 1.31 bits per heavy atom. The zero-order chi connectivity index (χ0) is 18.5. The molecule has 1 atom stereocenters. The van der Waals surface area contributed by atoms with Gasteiger partial charge in [0.05, 0.1) is 11.8 Å². The molecule has 0 saturated heterocycles. The molecule has 2 aromatic heterocycles. The molecule has 3 aromatic rings. The van der Waals surface area contributed by atoms with Gasteiger partial charge in [-0.2, -0.15) is 0 Å². The fourth-order valence-electron chi connectivity index (χ4n) is 2.43. The van der Waals surface area contributed by atoms with E-state index in [2.05, 4.69) is 56.3 Å². The van der Waals surface area contributed by atoms with E-state index >= 15 is 0 Å².